The first-order valence-corrected chi connectivity index (χ1v) is 11.0. The number of aryl methyl sites for hydroxylation is 1. The number of carbonyl (C=O) groups excluding carboxylic acids is 2. The van der Waals surface area contributed by atoms with Crippen molar-refractivity contribution in [3.8, 4) is 0 Å². The monoisotopic (exact) mass is 416 g/mol. The zero-order chi connectivity index (χ0) is 21.3. The van der Waals surface area contributed by atoms with Crippen LogP contribution in [0.25, 0.3) is 5.57 Å². The third-order valence-corrected chi connectivity index (χ3v) is 6.19. The topological polar surface area (TPSA) is 49.4 Å². The second kappa shape index (κ2) is 8.28. The van der Waals surface area contributed by atoms with Crippen molar-refractivity contribution in [2.75, 3.05) is 10.2 Å². The second-order valence-electron chi connectivity index (χ2n) is 7.59. The van der Waals surface area contributed by atoms with E-state index in [0.717, 1.165) is 22.5 Å². The summed E-state index contributed by atoms with van der Waals surface area (Å²) in [6.45, 7) is 6.35. The number of thiophene rings is 1. The number of amides is 2. The zero-order valence-corrected chi connectivity index (χ0v) is 18.1. The molecule has 0 unspecified atom stereocenters. The smallest absolute Gasteiger partial charge is 0.282 e. The molecule has 2 amide bonds. The fourth-order valence-corrected chi connectivity index (χ4v) is 4.27. The number of hydrogen-bond acceptors (Lipinski definition) is 4. The molecule has 0 saturated heterocycles. The Balaban J connectivity index is 1.72. The molecule has 3 aromatic rings. The van der Waals surface area contributed by atoms with Crippen molar-refractivity contribution in [3.05, 3.63) is 87.7 Å². The summed E-state index contributed by atoms with van der Waals surface area (Å²) in [6, 6.07) is 19.3. The standard InChI is InChI=1S/C25H24N2O2S/c1-4-17-7-13-20(14-8-17)27-24(28)22(21-6-5-15-30-21)23(25(27)29)26-19-11-9-18(10-12-19)16(2)3/h5-16,26H,4H2,1-3H3. The highest BCUT2D eigenvalue weighted by atomic mass is 32.1. The van der Waals surface area contributed by atoms with Crippen molar-refractivity contribution in [1.29, 1.82) is 0 Å². The van der Waals surface area contributed by atoms with E-state index in [0.29, 0.717) is 22.9 Å². The van der Waals surface area contributed by atoms with Gasteiger partial charge in [-0.15, -0.1) is 11.3 Å². The molecule has 0 bridgehead atoms. The van der Waals surface area contributed by atoms with Crippen LogP contribution in [0.4, 0.5) is 11.4 Å². The molecule has 0 spiro atoms. The van der Waals surface area contributed by atoms with Crippen LogP contribution in [-0.2, 0) is 16.0 Å². The number of nitrogens with zero attached hydrogens (tertiary/aromatic N) is 1. The van der Waals surface area contributed by atoms with Crippen LogP contribution in [0.3, 0.4) is 0 Å². The first kappa shape index (κ1) is 20.1. The summed E-state index contributed by atoms with van der Waals surface area (Å²) in [5, 5.41) is 5.13. The molecule has 0 radical (unpaired) electrons. The van der Waals surface area contributed by atoms with Gasteiger partial charge in [-0.1, -0.05) is 51.1 Å². The minimum Gasteiger partial charge on any atom is -0.350 e. The molecule has 0 atom stereocenters. The summed E-state index contributed by atoms with van der Waals surface area (Å²) in [5.41, 5.74) is 4.49. The third-order valence-electron chi connectivity index (χ3n) is 5.30. The first-order chi connectivity index (χ1) is 14.5. The fourth-order valence-electron chi connectivity index (χ4n) is 3.51. The molecule has 0 fully saturated rings. The summed E-state index contributed by atoms with van der Waals surface area (Å²) in [7, 11) is 0. The van der Waals surface area contributed by atoms with Gasteiger partial charge in [0.2, 0.25) is 0 Å². The molecule has 2 heterocycles. The van der Waals surface area contributed by atoms with E-state index >= 15 is 0 Å². The van der Waals surface area contributed by atoms with E-state index in [4.69, 9.17) is 0 Å². The molecule has 4 nitrogen and oxygen atoms in total. The van der Waals surface area contributed by atoms with E-state index in [2.05, 4.69) is 26.1 Å². The minimum absolute atomic E-state index is 0.298. The highest BCUT2D eigenvalue weighted by Gasteiger charge is 2.40. The van der Waals surface area contributed by atoms with Gasteiger partial charge < -0.3 is 5.32 Å². The molecule has 1 aliphatic rings. The van der Waals surface area contributed by atoms with E-state index in [9.17, 15) is 9.59 Å². The number of nitrogens with one attached hydrogen (secondary N) is 1. The van der Waals surface area contributed by atoms with Crippen LogP contribution >= 0.6 is 11.3 Å². The number of rotatable bonds is 6. The van der Waals surface area contributed by atoms with Crippen LogP contribution < -0.4 is 10.2 Å². The van der Waals surface area contributed by atoms with Gasteiger partial charge >= 0.3 is 0 Å². The number of anilines is 2. The Morgan fingerprint density at radius 2 is 1.63 bits per heavy atom. The van der Waals surface area contributed by atoms with Crippen molar-refractivity contribution in [1.82, 2.24) is 0 Å². The van der Waals surface area contributed by atoms with Crippen molar-refractivity contribution in [3.63, 3.8) is 0 Å². The normalized spacial score (nSPS) is 14.2. The average Bonchev–Trinajstić information content (AvgIpc) is 3.35. The quantitative estimate of drug-likeness (QED) is 0.514. The van der Waals surface area contributed by atoms with E-state index in [1.54, 1.807) is 0 Å². The van der Waals surface area contributed by atoms with Crippen molar-refractivity contribution < 1.29 is 9.59 Å². The van der Waals surface area contributed by atoms with E-state index in [-0.39, 0.29) is 11.8 Å². The van der Waals surface area contributed by atoms with Gasteiger partial charge in [-0.3, -0.25) is 9.59 Å². The van der Waals surface area contributed by atoms with E-state index in [1.165, 1.54) is 21.8 Å². The van der Waals surface area contributed by atoms with Crippen LogP contribution in [0, 0.1) is 0 Å². The Kier molecular flexibility index (Phi) is 5.55. The van der Waals surface area contributed by atoms with Crippen LogP contribution in [0.15, 0.2) is 71.7 Å². The van der Waals surface area contributed by atoms with Gasteiger partial charge in [0.25, 0.3) is 11.8 Å². The van der Waals surface area contributed by atoms with Gasteiger partial charge in [0, 0.05) is 10.6 Å². The molecular formula is C25H24N2O2S. The molecule has 1 aromatic heterocycles. The van der Waals surface area contributed by atoms with Crippen LogP contribution in [-0.4, -0.2) is 11.8 Å². The summed E-state index contributed by atoms with van der Waals surface area (Å²) in [6.07, 6.45) is 0.903. The van der Waals surface area contributed by atoms with Crippen molar-refractivity contribution in [2.24, 2.45) is 0 Å². The number of benzene rings is 2. The highest BCUT2D eigenvalue weighted by Crippen LogP contribution is 2.35. The molecular weight excluding hydrogens is 392 g/mol. The Labute approximate surface area is 180 Å². The lowest BCUT2D eigenvalue weighted by molar-refractivity contribution is -0.120. The summed E-state index contributed by atoms with van der Waals surface area (Å²) in [5.74, 6) is -0.204. The van der Waals surface area contributed by atoms with E-state index in [1.807, 2.05) is 66.0 Å². The summed E-state index contributed by atoms with van der Waals surface area (Å²) in [4.78, 5) is 28.7. The van der Waals surface area contributed by atoms with Crippen LogP contribution in [0.5, 0.6) is 0 Å². The Hall–Kier alpha value is -3.18. The SMILES string of the molecule is CCc1ccc(N2C(=O)C(Nc3ccc(C(C)C)cc3)=C(c3cccs3)C2=O)cc1. The highest BCUT2D eigenvalue weighted by molar-refractivity contribution is 7.11. The molecule has 30 heavy (non-hydrogen) atoms. The summed E-state index contributed by atoms with van der Waals surface area (Å²) >= 11 is 1.45. The zero-order valence-electron chi connectivity index (χ0n) is 17.3. The van der Waals surface area contributed by atoms with Gasteiger partial charge in [-0.05, 0) is 59.2 Å². The maximum atomic E-state index is 13.3. The molecule has 1 N–H and O–H groups in total. The molecule has 0 aliphatic carbocycles. The Bertz CT molecular complexity index is 1100. The molecule has 152 valence electrons. The third kappa shape index (κ3) is 3.68. The summed E-state index contributed by atoms with van der Waals surface area (Å²) < 4.78 is 0. The number of hydrogen-bond donors (Lipinski definition) is 1. The van der Waals surface area contributed by atoms with Crippen molar-refractivity contribution >= 4 is 40.1 Å². The fraction of sp³-hybridized carbons (Fsp3) is 0.200. The molecule has 0 saturated carbocycles. The minimum atomic E-state index is -0.333. The van der Waals surface area contributed by atoms with Crippen LogP contribution in [0.1, 0.15) is 42.7 Å². The van der Waals surface area contributed by atoms with Crippen molar-refractivity contribution in [2.45, 2.75) is 33.1 Å². The molecule has 5 heteroatoms. The maximum Gasteiger partial charge on any atom is 0.282 e. The lowest BCUT2D eigenvalue weighted by atomic mass is 10.0. The number of carbonyl (C=O) groups is 2. The molecule has 4 rings (SSSR count). The lowest BCUT2D eigenvalue weighted by Gasteiger charge is -2.16. The Morgan fingerprint density at radius 3 is 2.20 bits per heavy atom. The van der Waals surface area contributed by atoms with Crippen LogP contribution in [0.2, 0.25) is 0 Å². The average molecular weight is 417 g/mol. The maximum absolute atomic E-state index is 13.3. The van der Waals surface area contributed by atoms with Gasteiger partial charge in [0.1, 0.15) is 5.70 Å². The van der Waals surface area contributed by atoms with E-state index < -0.39 is 0 Å². The molecule has 1 aliphatic heterocycles. The first-order valence-electron chi connectivity index (χ1n) is 10.1. The van der Waals surface area contributed by atoms with Gasteiger partial charge in [-0.25, -0.2) is 4.90 Å². The predicted molar refractivity (Wildman–Crippen MR) is 124 cm³/mol. The Morgan fingerprint density at radius 1 is 0.933 bits per heavy atom. The van der Waals surface area contributed by atoms with Gasteiger partial charge in [0.05, 0.1) is 11.3 Å². The molecule has 2 aromatic carbocycles. The number of imide groups is 1. The predicted octanol–water partition coefficient (Wildman–Crippen LogP) is 5.83. The lowest BCUT2D eigenvalue weighted by Crippen LogP contribution is -2.32. The van der Waals surface area contributed by atoms with Gasteiger partial charge in [0.15, 0.2) is 0 Å². The second-order valence-corrected chi connectivity index (χ2v) is 8.54. The van der Waals surface area contributed by atoms with Gasteiger partial charge in [-0.2, -0.15) is 0 Å². The largest absolute Gasteiger partial charge is 0.350 e.